The van der Waals surface area contributed by atoms with Crippen molar-refractivity contribution in [2.45, 2.75) is 55.4 Å². The summed E-state index contributed by atoms with van der Waals surface area (Å²) in [6.45, 7) is 15.7. The molecule has 0 fully saturated rings. The standard InChI is InChI=1S/C27H20N.C11H20O2.Ir/c1-18-7-9-21(10-8-18)23-13-12-22(17-19(23)2)27-26-14-11-20-5-3-4-6-24(20)25(26)15-16-28-27;1-10(2,3)8(12)7-9(13)11(4,5)6;/h3-11,13-17H,1-2H3;7,12H,1-6H3;/q-1;;/p+1/b;8-7-;. The largest absolute Gasteiger partial charge is 0.511 e. The van der Waals surface area contributed by atoms with Crippen LogP contribution in [0.2, 0.25) is 0 Å². The Labute approximate surface area is 264 Å². The fraction of sp³-hybridized carbons (Fsp3) is 0.263. The van der Waals surface area contributed by atoms with Gasteiger partial charge in [0.2, 0.25) is 0 Å². The summed E-state index contributed by atoms with van der Waals surface area (Å²) in [5.41, 5.74) is 6.36. The van der Waals surface area contributed by atoms with Crippen molar-refractivity contribution in [1.82, 2.24) is 4.98 Å². The molecule has 0 aliphatic heterocycles. The molecule has 1 radical (unpaired) electrons. The Balaban J connectivity index is 0.000000297. The number of carbonyl (C=O) groups excluding carboxylic acids is 1. The number of nitrogens with zero attached hydrogens (tertiary/aromatic N) is 1. The van der Waals surface area contributed by atoms with E-state index in [0.29, 0.717) is 0 Å². The molecule has 1 heterocycles. The number of pyridine rings is 1. The van der Waals surface area contributed by atoms with Gasteiger partial charge in [-0.25, -0.2) is 0 Å². The molecule has 0 spiro atoms. The molecule has 0 aliphatic rings. The minimum Gasteiger partial charge on any atom is -0.511 e. The number of fused-ring (bicyclic) bond motifs is 3. The van der Waals surface area contributed by atoms with Gasteiger partial charge in [0.15, 0.2) is 0 Å². The van der Waals surface area contributed by atoms with Crippen molar-refractivity contribution < 1.29 is 30.0 Å². The van der Waals surface area contributed by atoms with E-state index in [1.165, 1.54) is 49.9 Å². The molecule has 4 aromatic carbocycles. The van der Waals surface area contributed by atoms with E-state index in [-0.39, 0.29) is 42.5 Å². The van der Waals surface area contributed by atoms with E-state index in [9.17, 15) is 9.90 Å². The summed E-state index contributed by atoms with van der Waals surface area (Å²) in [7, 11) is 0. The molecule has 0 atom stereocenters. The van der Waals surface area contributed by atoms with Crippen molar-refractivity contribution in [1.29, 1.82) is 0 Å². The first-order valence-electron chi connectivity index (χ1n) is 14.1. The Kier molecular flexibility index (Phi) is 10.3. The van der Waals surface area contributed by atoms with Gasteiger partial charge in [0.25, 0.3) is 0 Å². The van der Waals surface area contributed by atoms with Gasteiger partial charge in [-0.15, -0.1) is 29.3 Å². The SMILES string of the molecule is CC(C)(C)C(=[OH+])/C=C(\O)C(C)(C)C.Cc1ccc(-c2c[c-]c(-c3nccc4c3ccc3ccccc34)cc2C)cc1.[Ir]. The van der Waals surface area contributed by atoms with E-state index in [1.807, 2.05) is 47.7 Å². The predicted molar refractivity (Wildman–Crippen MR) is 175 cm³/mol. The number of aliphatic hydroxyl groups is 1. The van der Waals surface area contributed by atoms with Crippen molar-refractivity contribution in [2.24, 2.45) is 10.8 Å². The molecule has 0 bridgehead atoms. The number of rotatable bonds is 3. The first-order chi connectivity index (χ1) is 19.3. The molecule has 4 heteroatoms. The van der Waals surface area contributed by atoms with Crippen LogP contribution in [0.4, 0.5) is 0 Å². The zero-order valence-electron chi connectivity index (χ0n) is 25.8. The summed E-state index contributed by atoms with van der Waals surface area (Å²) >= 11 is 0. The Morgan fingerprint density at radius 3 is 2.10 bits per heavy atom. The van der Waals surface area contributed by atoms with Crippen LogP contribution < -0.4 is 0 Å². The summed E-state index contributed by atoms with van der Waals surface area (Å²) in [5, 5.41) is 14.5. The second-order valence-electron chi connectivity index (χ2n) is 12.8. The number of allylic oxidation sites excluding steroid dienone is 2. The quantitative estimate of drug-likeness (QED) is 0.0660. The van der Waals surface area contributed by atoms with E-state index in [0.717, 1.165) is 11.3 Å². The monoisotopic (exact) mass is 736 g/mol. The average molecular weight is 736 g/mol. The topological polar surface area (TPSA) is 54.5 Å². The summed E-state index contributed by atoms with van der Waals surface area (Å²) in [4.78, 5) is 14.3. The van der Waals surface area contributed by atoms with Gasteiger partial charge >= 0.3 is 5.78 Å². The van der Waals surface area contributed by atoms with Crippen LogP contribution in [-0.2, 0) is 20.1 Å². The van der Waals surface area contributed by atoms with E-state index in [4.69, 9.17) is 4.98 Å². The van der Waals surface area contributed by atoms with Crippen LogP contribution >= 0.6 is 0 Å². The Morgan fingerprint density at radius 2 is 1.48 bits per heavy atom. The number of benzene rings is 4. The van der Waals surface area contributed by atoms with Gasteiger partial charge in [0.05, 0.1) is 11.5 Å². The van der Waals surface area contributed by atoms with Crippen molar-refractivity contribution >= 4 is 27.3 Å². The van der Waals surface area contributed by atoms with Crippen molar-refractivity contribution in [3.63, 3.8) is 0 Å². The smallest absolute Gasteiger partial charge is 0.325 e. The maximum Gasteiger partial charge on any atom is 0.325 e. The van der Waals surface area contributed by atoms with Gasteiger partial charge in [-0.3, -0.25) is 4.79 Å². The Hall–Kier alpha value is -3.59. The van der Waals surface area contributed by atoms with Crippen molar-refractivity contribution in [3.8, 4) is 22.4 Å². The van der Waals surface area contributed by atoms with Crippen LogP contribution in [0.15, 0.2) is 96.9 Å². The maximum atomic E-state index is 9.60. The van der Waals surface area contributed by atoms with Gasteiger partial charge in [0.1, 0.15) is 5.76 Å². The third-order valence-corrected chi connectivity index (χ3v) is 7.26. The molecule has 42 heavy (non-hydrogen) atoms. The maximum absolute atomic E-state index is 9.60. The number of aliphatic hydroxyl groups excluding tert-OH is 1. The normalized spacial score (nSPS) is 12.0. The molecule has 5 rings (SSSR count). The minimum atomic E-state index is -0.306. The molecule has 3 nitrogen and oxygen atoms in total. The second kappa shape index (κ2) is 13.2. The average Bonchev–Trinajstić information content (AvgIpc) is 2.92. The van der Waals surface area contributed by atoms with Crippen LogP contribution in [0.1, 0.15) is 52.7 Å². The first kappa shape index (κ1) is 32.9. The van der Waals surface area contributed by atoms with Crippen LogP contribution in [0.3, 0.4) is 0 Å². The molecular weight excluding hydrogens is 695 g/mol. The third kappa shape index (κ3) is 7.62. The van der Waals surface area contributed by atoms with Crippen molar-refractivity contribution in [2.75, 3.05) is 0 Å². The molecule has 219 valence electrons. The zero-order chi connectivity index (χ0) is 29.9. The van der Waals surface area contributed by atoms with E-state index >= 15 is 0 Å². The molecule has 5 aromatic rings. The summed E-state index contributed by atoms with van der Waals surface area (Å²) in [6.07, 6.45) is 3.35. The van der Waals surface area contributed by atoms with Gasteiger partial charge in [-0.05, 0) is 61.0 Å². The number of hydrogen-bond donors (Lipinski definition) is 1. The minimum absolute atomic E-state index is 0. The number of aryl methyl sites for hydroxylation is 2. The van der Waals surface area contributed by atoms with Gasteiger partial charge in [0, 0.05) is 31.7 Å². The van der Waals surface area contributed by atoms with Gasteiger partial charge in [-0.1, -0.05) is 105 Å². The van der Waals surface area contributed by atoms with E-state index in [2.05, 4.69) is 98.8 Å². The van der Waals surface area contributed by atoms with Gasteiger partial charge < -0.3 is 10.1 Å². The zero-order valence-corrected chi connectivity index (χ0v) is 28.2. The van der Waals surface area contributed by atoms with Crippen LogP contribution in [-0.4, -0.2) is 20.7 Å². The molecule has 0 unspecified atom stereocenters. The molecule has 0 amide bonds. The van der Waals surface area contributed by atoms with Gasteiger partial charge in [-0.2, -0.15) is 0 Å². The van der Waals surface area contributed by atoms with E-state index in [1.54, 1.807) is 0 Å². The summed E-state index contributed by atoms with van der Waals surface area (Å²) in [5.74, 6) is 0.417. The first-order valence-corrected chi connectivity index (χ1v) is 14.1. The second-order valence-corrected chi connectivity index (χ2v) is 12.8. The molecule has 0 saturated heterocycles. The fourth-order valence-electron chi connectivity index (χ4n) is 4.50. The number of aromatic nitrogens is 1. The van der Waals surface area contributed by atoms with Crippen LogP contribution in [0.25, 0.3) is 43.9 Å². The number of ketones is 1. The van der Waals surface area contributed by atoms with Crippen molar-refractivity contribution in [3.05, 3.63) is 114 Å². The fourth-order valence-corrected chi connectivity index (χ4v) is 4.50. The summed E-state index contributed by atoms with van der Waals surface area (Å²) in [6, 6.07) is 31.4. The molecule has 2 N–H and O–H groups in total. The van der Waals surface area contributed by atoms with Crippen LogP contribution in [0.5, 0.6) is 0 Å². The Morgan fingerprint density at radius 1 is 0.810 bits per heavy atom. The molecule has 1 aromatic heterocycles. The molecule has 0 saturated carbocycles. The predicted octanol–water partition coefficient (Wildman–Crippen LogP) is 10.2. The molecule has 0 aliphatic carbocycles. The van der Waals surface area contributed by atoms with E-state index < -0.39 is 0 Å². The molecular formula is C38H41IrNO2. The third-order valence-electron chi connectivity index (χ3n) is 7.26. The Bertz CT molecular complexity index is 1740. The number of hydrogen-bond acceptors (Lipinski definition) is 2. The summed E-state index contributed by atoms with van der Waals surface area (Å²) < 4.78 is 0. The van der Waals surface area contributed by atoms with Crippen LogP contribution in [0, 0.1) is 30.7 Å².